The summed E-state index contributed by atoms with van der Waals surface area (Å²) < 4.78 is 0. The van der Waals surface area contributed by atoms with E-state index in [9.17, 15) is 14.4 Å². The average molecular weight is 427 g/mol. The van der Waals surface area contributed by atoms with Gasteiger partial charge in [0.15, 0.2) is 0 Å². The third-order valence-corrected chi connectivity index (χ3v) is 6.98. The Morgan fingerprint density at radius 2 is 1.68 bits per heavy atom. The number of fused-ring (bicyclic) bond motifs is 1. The van der Waals surface area contributed by atoms with Crippen LogP contribution in [0.15, 0.2) is 30.3 Å². The summed E-state index contributed by atoms with van der Waals surface area (Å²) in [5, 5.41) is 6.18. The lowest BCUT2D eigenvalue weighted by atomic mass is 9.99. The zero-order chi connectivity index (χ0) is 21.6. The minimum absolute atomic E-state index is 0.00594. The van der Waals surface area contributed by atoms with Gasteiger partial charge in [0.1, 0.15) is 0 Å². The number of hydrogen-bond acceptors (Lipinski definition) is 3. The molecule has 0 spiro atoms. The molecule has 1 aromatic rings. The fraction of sp³-hybridized carbons (Fsp3) is 0.625. The van der Waals surface area contributed by atoms with E-state index in [1.54, 1.807) is 4.90 Å². The molecular formula is C24H34N4O3. The third kappa shape index (κ3) is 5.20. The van der Waals surface area contributed by atoms with E-state index in [-0.39, 0.29) is 35.8 Å². The van der Waals surface area contributed by atoms with Gasteiger partial charge in [0.25, 0.3) is 5.91 Å². The standard InChI is InChI=1S/C24H34N4O3/c29-22-20-12-6-13-21(20)28(23(30)18-8-2-1-3-9-18)16-7-15-27(17-14-25-22)24(31)26-19-10-4-5-11-19/h1-3,8-9,19-21H,4-7,10-17H2,(H,25,29)(H,26,31)/t20-,21+/m1/s1. The van der Waals surface area contributed by atoms with Gasteiger partial charge in [-0.05, 0) is 44.2 Å². The van der Waals surface area contributed by atoms with E-state index in [0.29, 0.717) is 38.2 Å². The van der Waals surface area contributed by atoms with E-state index in [2.05, 4.69) is 10.6 Å². The van der Waals surface area contributed by atoms with Crippen molar-refractivity contribution in [3.8, 4) is 0 Å². The van der Waals surface area contributed by atoms with Crippen molar-refractivity contribution >= 4 is 17.8 Å². The summed E-state index contributed by atoms with van der Waals surface area (Å²) in [6.45, 7) is 2.07. The summed E-state index contributed by atoms with van der Waals surface area (Å²) in [7, 11) is 0. The van der Waals surface area contributed by atoms with Crippen molar-refractivity contribution < 1.29 is 14.4 Å². The van der Waals surface area contributed by atoms with Gasteiger partial charge in [-0.25, -0.2) is 4.79 Å². The van der Waals surface area contributed by atoms with E-state index in [0.717, 1.165) is 32.1 Å². The molecule has 7 nitrogen and oxygen atoms in total. The lowest BCUT2D eigenvalue weighted by Gasteiger charge is -2.33. The molecule has 168 valence electrons. The zero-order valence-corrected chi connectivity index (χ0v) is 18.2. The van der Waals surface area contributed by atoms with Crippen LogP contribution in [-0.2, 0) is 4.79 Å². The fourth-order valence-electron chi connectivity index (χ4n) is 5.31. The number of carbonyl (C=O) groups is 3. The van der Waals surface area contributed by atoms with Gasteiger partial charge in [0.05, 0.1) is 5.92 Å². The Balaban J connectivity index is 1.49. The first-order chi connectivity index (χ1) is 15.1. The Kier molecular flexibility index (Phi) is 7.10. The predicted molar refractivity (Wildman–Crippen MR) is 119 cm³/mol. The van der Waals surface area contributed by atoms with E-state index in [1.807, 2.05) is 35.2 Å². The van der Waals surface area contributed by atoms with Crippen molar-refractivity contribution in [2.24, 2.45) is 5.92 Å². The quantitative estimate of drug-likeness (QED) is 0.763. The molecule has 0 unspecified atom stereocenters. The number of amides is 4. The van der Waals surface area contributed by atoms with Gasteiger partial charge in [0, 0.05) is 43.8 Å². The maximum Gasteiger partial charge on any atom is 0.317 e. The lowest BCUT2D eigenvalue weighted by molar-refractivity contribution is -0.126. The maximum absolute atomic E-state index is 13.3. The molecule has 0 bridgehead atoms. The molecule has 3 fully saturated rings. The fourth-order valence-corrected chi connectivity index (χ4v) is 5.31. The highest BCUT2D eigenvalue weighted by Gasteiger charge is 2.39. The molecule has 3 aliphatic rings. The van der Waals surface area contributed by atoms with Crippen molar-refractivity contribution in [1.29, 1.82) is 0 Å². The normalized spacial score (nSPS) is 25.5. The first-order valence-corrected chi connectivity index (χ1v) is 11.8. The second kappa shape index (κ2) is 10.2. The van der Waals surface area contributed by atoms with Gasteiger partial charge < -0.3 is 20.4 Å². The van der Waals surface area contributed by atoms with Crippen molar-refractivity contribution in [1.82, 2.24) is 20.4 Å². The summed E-state index contributed by atoms with van der Waals surface area (Å²) >= 11 is 0. The van der Waals surface area contributed by atoms with Crippen LogP contribution in [0.25, 0.3) is 0 Å². The maximum atomic E-state index is 13.3. The summed E-state index contributed by atoms with van der Waals surface area (Å²) in [4.78, 5) is 42.8. The number of nitrogens with one attached hydrogen (secondary N) is 2. The molecule has 1 heterocycles. The highest BCUT2D eigenvalue weighted by Crippen LogP contribution is 2.31. The van der Waals surface area contributed by atoms with Crippen molar-refractivity contribution in [3.63, 3.8) is 0 Å². The Labute approximate surface area is 184 Å². The van der Waals surface area contributed by atoms with Crippen LogP contribution in [0.4, 0.5) is 4.79 Å². The largest absolute Gasteiger partial charge is 0.354 e. The van der Waals surface area contributed by atoms with Crippen molar-refractivity contribution in [2.45, 2.75) is 63.5 Å². The number of benzene rings is 1. The van der Waals surface area contributed by atoms with Crippen LogP contribution in [0, 0.1) is 5.92 Å². The highest BCUT2D eigenvalue weighted by molar-refractivity contribution is 5.95. The molecule has 1 aliphatic heterocycles. The monoisotopic (exact) mass is 426 g/mol. The van der Waals surface area contributed by atoms with Gasteiger partial charge in [-0.1, -0.05) is 37.5 Å². The molecule has 1 aromatic carbocycles. The summed E-state index contributed by atoms with van der Waals surface area (Å²) in [6.07, 6.45) is 7.73. The zero-order valence-electron chi connectivity index (χ0n) is 18.2. The molecule has 4 rings (SSSR count). The lowest BCUT2D eigenvalue weighted by Crippen LogP contribution is -2.47. The Bertz CT molecular complexity index is 778. The molecule has 0 aromatic heterocycles. The SMILES string of the molecule is O=C1NCCN(C(=O)NC2CCCC2)CCCN(C(=O)c2ccccc2)[C@H]2CCC[C@@H]12. The number of urea groups is 1. The summed E-state index contributed by atoms with van der Waals surface area (Å²) in [5.41, 5.74) is 0.652. The number of rotatable bonds is 2. The minimum Gasteiger partial charge on any atom is -0.354 e. The minimum atomic E-state index is -0.175. The van der Waals surface area contributed by atoms with Gasteiger partial charge in [-0.15, -0.1) is 0 Å². The first-order valence-electron chi connectivity index (χ1n) is 11.8. The van der Waals surface area contributed by atoms with Crippen LogP contribution in [-0.4, -0.2) is 65.9 Å². The molecule has 4 amide bonds. The van der Waals surface area contributed by atoms with Gasteiger partial charge >= 0.3 is 6.03 Å². The summed E-state index contributed by atoms with van der Waals surface area (Å²) in [5.74, 6) is -0.190. The molecular weight excluding hydrogens is 392 g/mol. The first kappa shape index (κ1) is 21.7. The van der Waals surface area contributed by atoms with Gasteiger partial charge in [-0.3, -0.25) is 9.59 Å². The molecule has 2 N–H and O–H groups in total. The molecule has 0 radical (unpaired) electrons. The van der Waals surface area contributed by atoms with E-state index in [4.69, 9.17) is 0 Å². The topological polar surface area (TPSA) is 81.8 Å². The Morgan fingerprint density at radius 3 is 2.45 bits per heavy atom. The highest BCUT2D eigenvalue weighted by atomic mass is 16.2. The van der Waals surface area contributed by atoms with Crippen LogP contribution in [0.1, 0.15) is 61.7 Å². The summed E-state index contributed by atoms with van der Waals surface area (Å²) in [6, 6.07) is 9.43. The number of nitrogens with zero attached hydrogens (tertiary/aromatic N) is 2. The average Bonchev–Trinajstić information content (AvgIpc) is 3.47. The van der Waals surface area contributed by atoms with E-state index < -0.39 is 0 Å². The Morgan fingerprint density at radius 1 is 0.903 bits per heavy atom. The molecule has 2 saturated carbocycles. The second-order valence-electron chi connectivity index (χ2n) is 9.03. The smallest absolute Gasteiger partial charge is 0.317 e. The van der Waals surface area contributed by atoms with Gasteiger partial charge in [-0.2, -0.15) is 0 Å². The molecule has 1 saturated heterocycles. The number of hydrogen-bond donors (Lipinski definition) is 2. The number of carbonyl (C=O) groups excluding carboxylic acids is 3. The van der Waals surface area contributed by atoms with E-state index >= 15 is 0 Å². The third-order valence-electron chi connectivity index (χ3n) is 6.98. The van der Waals surface area contributed by atoms with Gasteiger partial charge in [0.2, 0.25) is 5.91 Å². The molecule has 2 aliphatic carbocycles. The van der Waals surface area contributed by atoms with Crippen LogP contribution in [0.2, 0.25) is 0 Å². The van der Waals surface area contributed by atoms with Crippen molar-refractivity contribution in [2.75, 3.05) is 26.2 Å². The van der Waals surface area contributed by atoms with Crippen LogP contribution in [0.3, 0.4) is 0 Å². The molecule has 7 heteroatoms. The predicted octanol–water partition coefficient (Wildman–Crippen LogP) is 2.77. The molecule has 31 heavy (non-hydrogen) atoms. The van der Waals surface area contributed by atoms with Crippen LogP contribution < -0.4 is 10.6 Å². The molecule has 2 atom stereocenters. The van der Waals surface area contributed by atoms with Crippen LogP contribution >= 0.6 is 0 Å². The van der Waals surface area contributed by atoms with Crippen LogP contribution in [0.5, 0.6) is 0 Å². The van der Waals surface area contributed by atoms with Crippen molar-refractivity contribution in [3.05, 3.63) is 35.9 Å². The Hall–Kier alpha value is -2.57. The second-order valence-corrected chi connectivity index (χ2v) is 9.03. The van der Waals surface area contributed by atoms with E-state index in [1.165, 1.54) is 12.8 Å².